The van der Waals surface area contributed by atoms with Gasteiger partial charge < -0.3 is 10.1 Å². The predicted octanol–water partition coefficient (Wildman–Crippen LogP) is 4.38. The van der Waals surface area contributed by atoms with Crippen molar-refractivity contribution < 1.29 is 4.74 Å². The van der Waals surface area contributed by atoms with E-state index in [2.05, 4.69) is 47.8 Å². The third kappa shape index (κ3) is 2.88. The number of amidine groups is 1. The van der Waals surface area contributed by atoms with Crippen molar-refractivity contribution in [2.45, 2.75) is 48.9 Å². The van der Waals surface area contributed by atoms with Crippen molar-refractivity contribution in [3.8, 4) is 0 Å². The Bertz CT molecular complexity index is 674. The van der Waals surface area contributed by atoms with Crippen LogP contribution in [0.25, 0.3) is 0 Å². The lowest BCUT2D eigenvalue weighted by atomic mass is 9.77. The molecule has 1 fully saturated rings. The monoisotopic (exact) mass is 340 g/mol. The first-order valence-corrected chi connectivity index (χ1v) is 9.69. The van der Waals surface area contributed by atoms with Gasteiger partial charge in [-0.1, -0.05) is 73.5 Å². The largest absolute Gasteiger partial charge is 0.499 e. The highest BCUT2D eigenvalue weighted by atomic mass is 32.2. The van der Waals surface area contributed by atoms with E-state index >= 15 is 0 Å². The second-order valence-corrected chi connectivity index (χ2v) is 7.92. The summed E-state index contributed by atoms with van der Waals surface area (Å²) in [6.45, 7) is 0. The van der Waals surface area contributed by atoms with Crippen LogP contribution < -0.4 is 5.32 Å². The molecule has 1 aromatic carbocycles. The third-order valence-electron chi connectivity index (χ3n) is 5.28. The molecule has 1 N–H and O–H groups in total. The predicted molar refractivity (Wildman–Crippen MR) is 101 cm³/mol. The molecule has 4 heteroatoms. The second-order valence-electron chi connectivity index (χ2n) is 6.75. The molecule has 3 nitrogen and oxygen atoms in total. The average Bonchev–Trinajstić information content (AvgIpc) is 3.05. The molecular weight excluding hydrogens is 316 g/mol. The summed E-state index contributed by atoms with van der Waals surface area (Å²) in [5.74, 6) is 0.962. The number of hydrogen-bond donors (Lipinski definition) is 1. The summed E-state index contributed by atoms with van der Waals surface area (Å²) in [7, 11) is 1.74. The van der Waals surface area contributed by atoms with Crippen molar-refractivity contribution in [2.24, 2.45) is 4.99 Å². The van der Waals surface area contributed by atoms with E-state index < -0.39 is 0 Å². The zero-order valence-corrected chi connectivity index (χ0v) is 14.9. The van der Waals surface area contributed by atoms with Crippen LogP contribution in [0.5, 0.6) is 0 Å². The Labute approximate surface area is 148 Å². The second kappa shape index (κ2) is 6.67. The van der Waals surface area contributed by atoms with Crippen LogP contribution in [0, 0.1) is 0 Å². The summed E-state index contributed by atoms with van der Waals surface area (Å²) in [6.07, 6.45) is 12.6. The molecule has 1 heterocycles. The van der Waals surface area contributed by atoms with Gasteiger partial charge in [0.05, 0.1) is 17.9 Å². The van der Waals surface area contributed by atoms with E-state index in [0.717, 1.165) is 10.9 Å². The van der Waals surface area contributed by atoms with Gasteiger partial charge in [-0.15, -0.1) is 0 Å². The molecule has 0 bridgehead atoms. The van der Waals surface area contributed by atoms with Crippen LogP contribution in [0.2, 0.25) is 0 Å². The Morgan fingerprint density at radius 3 is 2.71 bits per heavy atom. The van der Waals surface area contributed by atoms with E-state index in [-0.39, 0.29) is 11.6 Å². The van der Waals surface area contributed by atoms with Gasteiger partial charge in [-0.25, -0.2) is 4.99 Å². The van der Waals surface area contributed by atoms with E-state index in [9.17, 15) is 0 Å². The fourth-order valence-electron chi connectivity index (χ4n) is 4.01. The lowest BCUT2D eigenvalue weighted by Crippen LogP contribution is -2.46. The van der Waals surface area contributed by atoms with E-state index in [4.69, 9.17) is 9.73 Å². The maximum Gasteiger partial charge on any atom is 0.158 e. The quantitative estimate of drug-likeness (QED) is 0.887. The molecule has 2 aliphatic carbocycles. The van der Waals surface area contributed by atoms with E-state index in [1.54, 1.807) is 7.11 Å². The van der Waals surface area contributed by atoms with Crippen molar-refractivity contribution in [2.75, 3.05) is 7.11 Å². The van der Waals surface area contributed by atoms with Crippen LogP contribution in [-0.2, 0) is 10.3 Å². The number of fused-ring (bicyclic) bond motifs is 1. The maximum atomic E-state index is 5.51. The maximum absolute atomic E-state index is 5.51. The number of benzene rings is 1. The van der Waals surface area contributed by atoms with Crippen LogP contribution in [0.4, 0.5) is 0 Å². The number of allylic oxidation sites excluding steroid dienone is 2. The van der Waals surface area contributed by atoms with Gasteiger partial charge in [0.1, 0.15) is 11.8 Å². The van der Waals surface area contributed by atoms with Crippen LogP contribution in [0.15, 0.2) is 59.3 Å². The number of methoxy groups -OCH3 is 1. The van der Waals surface area contributed by atoms with Crippen molar-refractivity contribution in [1.29, 1.82) is 0 Å². The fourth-order valence-corrected chi connectivity index (χ4v) is 5.19. The minimum absolute atomic E-state index is 0.0273. The first-order chi connectivity index (χ1) is 11.8. The molecule has 24 heavy (non-hydrogen) atoms. The zero-order valence-electron chi connectivity index (χ0n) is 14.1. The number of nitrogens with one attached hydrogen (secondary N) is 1. The molecule has 0 spiro atoms. The number of hydrogen-bond acceptors (Lipinski definition) is 4. The summed E-state index contributed by atoms with van der Waals surface area (Å²) in [5, 5.41) is 5.26. The van der Waals surface area contributed by atoms with Gasteiger partial charge in [0, 0.05) is 0 Å². The van der Waals surface area contributed by atoms with Crippen molar-refractivity contribution in [3.05, 3.63) is 59.9 Å². The lowest BCUT2D eigenvalue weighted by molar-refractivity contribution is 0.263. The number of aliphatic imine (C=N–C) groups is 1. The third-order valence-corrected chi connectivity index (χ3v) is 6.40. The first kappa shape index (κ1) is 15.8. The molecule has 3 aliphatic rings. The first-order valence-electron chi connectivity index (χ1n) is 8.81. The molecule has 126 valence electrons. The number of rotatable bonds is 3. The smallest absolute Gasteiger partial charge is 0.158 e. The van der Waals surface area contributed by atoms with Gasteiger partial charge in [-0.05, 0) is 24.5 Å². The normalized spacial score (nSPS) is 27.9. The Morgan fingerprint density at radius 2 is 1.96 bits per heavy atom. The van der Waals surface area contributed by atoms with Gasteiger partial charge in [-0.2, -0.15) is 0 Å². The minimum Gasteiger partial charge on any atom is -0.499 e. The molecular formula is C20H24N2OS. The zero-order chi connectivity index (χ0) is 16.4. The molecule has 1 saturated carbocycles. The van der Waals surface area contributed by atoms with E-state index in [0.29, 0.717) is 5.25 Å². The summed E-state index contributed by atoms with van der Waals surface area (Å²) >= 11 is 1.83. The summed E-state index contributed by atoms with van der Waals surface area (Å²) in [5.41, 5.74) is 1.42. The molecule has 2 atom stereocenters. The fraction of sp³-hybridized carbons (Fsp3) is 0.450. The van der Waals surface area contributed by atoms with Crippen molar-refractivity contribution in [1.82, 2.24) is 5.32 Å². The van der Waals surface area contributed by atoms with Gasteiger partial charge in [0.2, 0.25) is 0 Å². The summed E-state index contributed by atoms with van der Waals surface area (Å²) in [6, 6.07) is 11.0. The molecule has 0 radical (unpaired) electrons. The Morgan fingerprint density at radius 1 is 1.17 bits per heavy atom. The van der Waals surface area contributed by atoms with Gasteiger partial charge in [0.25, 0.3) is 0 Å². The lowest BCUT2D eigenvalue weighted by Gasteiger charge is -2.39. The van der Waals surface area contributed by atoms with E-state index in [1.807, 2.05) is 17.8 Å². The Hall–Kier alpha value is -1.68. The molecule has 2 unspecified atom stereocenters. The van der Waals surface area contributed by atoms with Gasteiger partial charge in [0.15, 0.2) is 5.17 Å². The van der Waals surface area contributed by atoms with Crippen LogP contribution in [0.1, 0.15) is 37.7 Å². The highest BCUT2D eigenvalue weighted by molar-refractivity contribution is 8.14. The van der Waals surface area contributed by atoms with Gasteiger partial charge in [-0.3, -0.25) is 0 Å². The summed E-state index contributed by atoms with van der Waals surface area (Å²) < 4.78 is 5.51. The molecule has 1 aliphatic heterocycles. The molecule has 0 saturated heterocycles. The van der Waals surface area contributed by atoms with Crippen LogP contribution in [0.3, 0.4) is 0 Å². The van der Waals surface area contributed by atoms with Crippen LogP contribution in [-0.4, -0.2) is 23.6 Å². The Kier molecular flexibility index (Phi) is 4.40. The molecule has 0 amide bonds. The van der Waals surface area contributed by atoms with Crippen LogP contribution >= 0.6 is 11.8 Å². The Balaban J connectivity index is 1.60. The number of ether oxygens (including phenoxy) is 1. The SMILES string of the molecule is COC1=CC=CC2SC(NC3(c4ccccc4)CCCCC3)=NC12. The number of nitrogens with zero attached hydrogens (tertiary/aromatic N) is 1. The highest BCUT2D eigenvalue weighted by Gasteiger charge is 2.39. The average molecular weight is 340 g/mol. The molecule has 0 aromatic heterocycles. The highest BCUT2D eigenvalue weighted by Crippen LogP contribution is 2.40. The minimum atomic E-state index is 0.0273. The van der Waals surface area contributed by atoms with Crippen molar-refractivity contribution in [3.63, 3.8) is 0 Å². The van der Waals surface area contributed by atoms with Gasteiger partial charge >= 0.3 is 0 Å². The summed E-state index contributed by atoms with van der Waals surface area (Å²) in [4.78, 5) is 4.95. The number of thioether (sulfide) groups is 1. The van der Waals surface area contributed by atoms with E-state index in [1.165, 1.54) is 37.7 Å². The van der Waals surface area contributed by atoms with Crippen molar-refractivity contribution >= 4 is 16.9 Å². The topological polar surface area (TPSA) is 33.6 Å². The molecule has 1 aromatic rings. The standard InChI is InChI=1S/C20H24N2OS/c1-23-16-11-8-12-17-18(16)21-19(24-17)22-20(13-6-3-7-14-20)15-9-4-2-5-10-15/h2,4-5,8-12,17-18H,3,6-7,13-14H2,1H3,(H,21,22). The molecule has 4 rings (SSSR count).